The number of aromatic amines is 1. The Hall–Kier alpha value is -2.87. The fourth-order valence-corrected chi connectivity index (χ4v) is 6.06. The van der Waals surface area contributed by atoms with Gasteiger partial charge in [-0.15, -0.1) is 0 Å². The van der Waals surface area contributed by atoms with E-state index in [0.717, 1.165) is 36.1 Å². The summed E-state index contributed by atoms with van der Waals surface area (Å²) in [4.78, 5) is 20.6. The molecule has 0 atom stereocenters. The van der Waals surface area contributed by atoms with Crippen LogP contribution in [0.1, 0.15) is 15.9 Å². The second-order valence-corrected chi connectivity index (χ2v) is 10.4. The number of anilines is 2. The highest BCUT2D eigenvalue weighted by Crippen LogP contribution is 2.37. The van der Waals surface area contributed by atoms with Gasteiger partial charge in [-0.1, -0.05) is 41.4 Å². The van der Waals surface area contributed by atoms with Gasteiger partial charge in [0, 0.05) is 42.5 Å². The summed E-state index contributed by atoms with van der Waals surface area (Å²) < 4.78 is 18.0. The van der Waals surface area contributed by atoms with Crippen LogP contribution < -0.4 is 9.62 Å². The Labute approximate surface area is 216 Å². The van der Waals surface area contributed by atoms with E-state index in [4.69, 9.17) is 23.2 Å². The van der Waals surface area contributed by atoms with E-state index >= 15 is 0 Å². The Morgan fingerprint density at radius 3 is 2.74 bits per heavy atom. The highest BCUT2D eigenvalue weighted by atomic mass is 35.5. The number of carbonyl (C=O) groups is 1. The molecule has 1 fully saturated rings. The summed E-state index contributed by atoms with van der Waals surface area (Å²) >= 11 is 13.6. The van der Waals surface area contributed by atoms with E-state index in [2.05, 4.69) is 38.9 Å². The molecule has 178 valence electrons. The summed E-state index contributed by atoms with van der Waals surface area (Å²) in [5.74, 6) is -0.591. The summed E-state index contributed by atoms with van der Waals surface area (Å²) in [5.41, 5.74) is 4.46. The SMILES string of the molecule is O=C(c1ccc(SNc2ccc(Cl)c3c(Cl)c[nH]c23)c(F)c1)N1CC(N2CCc3ccccc32)C1. The van der Waals surface area contributed by atoms with Crippen molar-refractivity contribution in [3.63, 3.8) is 0 Å². The molecule has 2 aliphatic heterocycles. The van der Waals surface area contributed by atoms with Crippen LogP contribution >= 0.6 is 35.1 Å². The molecule has 1 amide bonds. The number of nitrogens with one attached hydrogen (secondary N) is 2. The van der Waals surface area contributed by atoms with Crippen LogP contribution in [0.15, 0.2) is 65.7 Å². The largest absolute Gasteiger partial charge is 0.364 e. The minimum Gasteiger partial charge on any atom is -0.364 e. The highest BCUT2D eigenvalue weighted by Gasteiger charge is 2.37. The Morgan fingerprint density at radius 2 is 1.91 bits per heavy atom. The molecule has 35 heavy (non-hydrogen) atoms. The van der Waals surface area contributed by atoms with Crippen molar-refractivity contribution in [1.82, 2.24) is 9.88 Å². The summed E-state index contributed by atoms with van der Waals surface area (Å²) in [7, 11) is 0. The molecule has 0 unspecified atom stereocenters. The lowest BCUT2D eigenvalue weighted by Gasteiger charge is -2.45. The smallest absolute Gasteiger partial charge is 0.254 e. The third-order valence-electron chi connectivity index (χ3n) is 6.70. The fourth-order valence-electron chi connectivity index (χ4n) is 4.82. The molecule has 1 saturated heterocycles. The third kappa shape index (κ3) is 4.01. The second-order valence-electron chi connectivity index (χ2n) is 8.77. The number of amides is 1. The van der Waals surface area contributed by atoms with E-state index in [-0.39, 0.29) is 5.91 Å². The van der Waals surface area contributed by atoms with E-state index in [0.29, 0.717) is 45.0 Å². The van der Waals surface area contributed by atoms with E-state index < -0.39 is 5.82 Å². The molecule has 6 rings (SSSR count). The molecule has 0 spiro atoms. The normalized spacial score (nSPS) is 15.4. The molecule has 0 radical (unpaired) electrons. The molecule has 2 N–H and O–H groups in total. The number of aromatic nitrogens is 1. The molecular weight excluding hydrogens is 506 g/mol. The first-order valence-electron chi connectivity index (χ1n) is 11.3. The number of carbonyl (C=O) groups excluding carboxylic acids is 1. The molecule has 2 aliphatic rings. The number of fused-ring (bicyclic) bond motifs is 2. The van der Waals surface area contributed by atoms with Crippen molar-refractivity contribution in [2.24, 2.45) is 0 Å². The van der Waals surface area contributed by atoms with Crippen molar-refractivity contribution >= 4 is 63.3 Å². The van der Waals surface area contributed by atoms with Crippen molar-refractivity contribution < 1.29 is 9.18 Å². The van der Waals surface area contributed by atoms with Crippen LogP contribution in [-0.2, 0) is 6.42 Å². The van der Waals surface area contributed by atoms with Gasteiger partial charge in [-0.3, -0.25) is 4.79 Å². The average molecular weight is 527 g/mol. The Balaban J connectivity index is 1.10. The first-order chi connectivity index (χ1) is 17.0. The van der Waals surface area contributed by atoms with Crippen LogP contribution in [0.5, 0.6) is 0 Å². The van der Waals surface area contributed by atoms with Gasteiger partial charge < -0.3 is 19.5 Å². The molecule has 4 aromatic rings. The van der Waals surface area contributed by atoms with Crippen LogP contribution in [-0.4, -0.2) is 41.5 Å². The van der Waals surface area contributed by atoms with Crippen molar-refractivity contribution in [2.45, 2.75) is 17.4 Å². The van der Waals surface area contributed by atoms with Crippen LogP contribution in [0.25, 0.3) is 10.9 Å². The van der Waals surface area contributed by atoms with Crippen LogP contribution in [0.4, 0.5) is 15.8 Å². The number of para-hydroxylation sites is 1. The van der Waals surface area contributed by atoms with Gasteiger partial charge in [0.15, 0.2) is 0 Å². The first-order valence-corrected chi connectivity index (χ1v) is 12.9. The van der Waals surface area contributed by atoms with Gasteiger partial charge >= 0.3 is 0 Å². The molecule has 0 saturated carbocycles. The van der Waals surface area contributed by atoms with Crippen LogP contribution in [0, 0.1) is 5.82 Å². The minimum absolute atomic E-state index is 0.141. The number of hydrogen-bond donors (Lipinski definition) is 2. The van der Waals surface area contributed by atoms with Crippen LogP contribution in [0.3, 0.4) is 0 Å². The van der Waals surface area contributed by atoms with Gasteiger partial charge in [0.2, 0.25) is 0 Å². The molecule has 5 nitrogen and oxygen atoms in total. The maximum atomic E-state index is 14.9. The van der Waals surface area contributed by atoms with Gasteiger partial charge in [0.1, 0.15) is 5.82 Å². The Kier molecular flexibility index (Phi) is 5.79. The zero-order valence-corrected chi connectivity index (χ0v) is 20.9. The summed E-state index contributed by atoms with van der Waals surface area (Å²) in [5, 5.41) is 1.78. The second kappa shape index (κ2) is 8.97. The van der Waals surface area contributed by atoms with Crippen molar-refractivity contribution in [3.05, 3.63) is 87.8 Å². The summed E-state index contributed by atoms with van der Waals surface area (Å²) in [6.45, 7) is 2.28. The lowest BCUT2D eigenvalue weighted by Crippen LogP contribution is -2.61. The zero-order valence-electron chi connectivity index (χ0n) is 18.5. The molecular formula is C26H21Cl2FN4OS. The quantitative estimate of drug-likeness (QED) is 0.287. The maximum absolute atomic E-state index is 14.9. The predicted octanol–water partition coefficient (Wildman–Crippen LogP) is 6.62. The number of benzene rings is 3. The zero-order chi connectivity index (χ0) is 24.1. The van der Waals surface area contributed by atoms with Gasteiger partial charge in [-0.25, -0.2) is 4.39 Å². The average Bonchev–Trinajstić information content (AvgIpc) is 3.43. The number of hydrogen-bond acceptors (Lipinski definition) is 4. The van der Waals surface area contributed by atoms with Crippen molar-refractivity contribution in [2.75, 3.05) is 29.3 Å². The number of likely N-dealkylation sites (tertiary alicyclic amines) is 1. The van der Waals surface area contributed by atoms with Crippen molar-refractivity contribution in [1.29, 1.82) is 0 Å². The van der Waals surface area contributed by atoms with Gasteiger partial charge in [0.05, 0.1) is 32.2 Å². The van der Waals surface area contributed by atoms with E-state index in [1.165, 1.54) is 17.3 Å². The molecule has 3 heterocycles. The van der Waals surface area contributed by atoms with E-state index in [1.54, 1.807) is 35.4 Å². The topological polar surface area (TPSA) is 51.4 Å². The first kappa shape index (κ1) is 22.6. The number of rotatable bonds is 5. The molecule has 0 aliphatic carbocycles. The molecule has 1 aromatic heterocycles. The monoisotopic (exact) mass is 526 g/mol. The summed E-state index contributed by atoms with van der Waals surface area (Å²) in [6.07, 6.45) is 2.70. The van der Waals surface area contributed by atoms with E-state index in [9.17, 15) is 9.18 Å². The lowest BCUT2D eigenvalue weighted by molar-refractivity contribution is 0.0600. The van der Waals surface area contributed by atoms with Crippen LogP contribution in [0.2, 0.25) is 10.0 Å². The van der Waals surface area contributed by atoms with Gasteiger partial charge in [-0.05, 0) is 60.3 Å². The molecule has 3 aromatic carbocycles. The van der Waals surface area contributed by atoms with Gasteiger partial charge in [-0.2, -0.15) is 0 Å². The number of halogens is 3. The Bertz CT molecular complexity index is 1450. The predicted molar refractivity (Wildman–Crippen MR) is 141 cm³/mol. The summed E-state index contributed by atoms with van der Waals surface area (Å²) in [6, 6.07) is 16.9. The highest BCUT2D eigenvalue weighted by molar-refractivity contribution is 8.00. The third-order valence-corrected chi connectivity index (χ3v) is 8.19. The van der Waals surface area contributed by atoms with E-state index in [1.807, 2.05) is 0 Å². The van der Waals surface area contributed by atoms with Gasteiger partial charge in [0.25, 0.3) is 5.91 Å². The minimum atomic E-state index is -0.450. The maximum Gasteiger partial charge on any atom is 0.254 e. The number of H-pyrrole nitrogens is 1. The molecule has 9 heteroatoms. The standard InChI is InChI=1S/C26H21Cl2FN4OS/c27-18-6-7-21(25-24(18)19(28)12-30-25)31-35-23-8-5-16(11-20(23)29)26(34)32-13-17(14-32)33-10-9-15-3-1-2-4-22(15)33/h1-8,11-12,17,30-31H,9-10,13-14H2. The Morgan fingerprint density at radius 1 is 1.09 bits per heavy atom. The van der Waals surface area contributed by atoms with Crippen molar-refractivity contribution in [3.8, 4) is 0 Å². The fraction of sp³-hybridized carbons (Fsp3) is 0.192. The number of nitrogens with zero attached hydrogens (tertiary/aromatic N) is 2. The lowest BCUT2D eigenvalue weighted by atomic mass is 10.0. The molecule has 0 bridgehead atoms.